The van der Waals surface area contributed by atoms with E-state index in [1.165, 1.54) is 6.26 Å². The molecule has 0 saturated heterocycles. The molecule has 4 nitrogen and oxygen atoms in total. The monoisotopic (exact) mass is 228 g/mol. The third-order valence-electron chi connectivity index (χ3n) is 1.73. The van der Waals surface area contributed by atoms with Crippen molar-refractivity contribution in [1.29, 1.82) is 0 Å². The number of nitrogens with zero attached hydrogens (tertiary/aromatic N) is 1. The van der Waals surface area contributed by atoms with Gasteiger partial charge in [0.1, 0.15) is 12.2 Å². The maximum absolute atomic E-state index is 10.8. The highest BCUT2D eigenvalue weighted by molar-refractivity contribution is 5.92. The van der Waals surface area contributed by atoms with Crippen LogP contribution in [0.2, 0.25) is 0 Å². The lowest BCUT2D eigenvalue weighted by Gasteiger charge is -1.98. The number of ether oxygens (including phenoxy) is 1. The summed E-state index contributed by atoms with van der Waals surface area (Å²) in [4.78, 5) is 10.8. The summed E-state index contributed by atoms with van der Waals surface area (Å²) in [5.41, 5.74) is 5.63. The first kappa shape index (κ1) is 13.4. The zero-order chi connectivity index (χ0) is 10.4. The number of aromatic nitrogens is 1. The number of carbonyl (C=O) groups is 1. The Balaban J connectivity index is 0.00000196. The van der Waals surface area contributed by atoms with Crippen molar-refractivity contribution in [2.75, 3.05) is 6.61 Å². The number of hydrogen-bond donors (Lipinski definition) is 1. The Labute approximate surface area is 94.8 Å². The summed E-state index contributed by atoms with van der Waals surface area (Å²) in [7, 11) is 0. The molecular formula is C10H13ClN2O2. The molecule has 0 radical (unpaired) electrons. The first-order valence-electron chi connectivity index (χ1n) is 4.25. The lowest BCUT2D eigenvalue weighted by molar-refractivity contribution is -0.698. The molecule has 0 saturated carbocycles. The van der Waals surface area contributed by atoms with Crippen molar-refractivity contribution in [3.63, 3.8) is 0 Å². The molecule has 0 spiro atoms. The number of nitrogens with two attached hydrogens (primary N) is 1. The van der Waals surface area contributed by atoms with Gasteiger partial charge in [-0.15, -0.1) is 0 Å². The molecule has 0 aromatic carbocycles. The van der Waals surface area contributed by atoms with Crippen LogP contribution in [0.1, 0.15) is 10.4 Å². The van der Waals surface area contributed by atoms with Crippen LogP contribution in [0.5, 0.6) is 0 Å². The third-order valence-corrected chi connectivity index (χ3v) is 1.73. The van der Waals surface area contributed by atoms with Crippen LogP contribution in [0, 0.1) is 0 Å². The molecule has 1 aromatic rings. The number of hydrogen-bond acceptors (Lipinski definition) is 2. The molecule has 1 amide bonds. The summed E-state index contributed by atoms with van der Waals surface area (Å²) in [5.74, 6) is -0.427. The Morgan fingerprint density at radius 3 is 3.00 bits per heavy atom. The Kier molecular flexibility index (Phi) is 6.13. The predicted molar refractivity (Wildman–Crippen MR) is 51.3 cm³/mol. The van der Waals surface area contributed by atoms with Crippen LogP contribution in [0.3, 0.4) is 0 Å². The van der Waals surface area contributed by atoms with Crippen LogP contribution in [-0.4, -0.2) is 12.5 Å². The van der Waals surface area contributed by atoms with Crippen LogP contribution >= 0.6 is 0 Å². The van der Waals surface area contributed by atoms with Crippen LogP contribution in [-0.2, 0) is 11.3 Å². The highest BCUT2D eigenvalue weighted by Gasteiger charge is 2.06. The number of carbonyl (C=O) groups excluding carboxylic acids is 1. The Bertz CT molecular complexity index is 342. The van der Waals surface area contributed by atoms with E-state index in [-0.39, 0.29) is 12.4 Å². The fraction of sp³-hybridized carbons (Fsp3) is 0.200. The zero-order valence-electron chi connectivity index (χ0n) is 8.23. The minimum Gasteiger partial charge on any atom is -1.00 e. The van der Waals surface area contributed by atoms with Crippen molar-refractivity contribution < 1.29 is 26.5 Å². The lowest BCUT2D eigenvalue weighted by Crippen LogP contribution is -3.00. The van der Waals surface area contributed by atoms with E-state index in [2.05, 4.69) is 6.58 Å². The van der Waals surface area contributed by atoms with Gasteiger partial charge in [0.05, 0.1) is 6.26 Å². The minimum absolute atomic E-state index is 0. The smallest absolute Gasteiger partial charge is 0.254 e. The molecular weight excluding hydrogens is 216 g/mol. The van der Waals surface area contributed by atoms with Crippen LogP contribution in [0.15, 0.2) is 37.4 Å². The molecule has 0 aliphatic rings. The number of pyridine rings is 1. The SMILES string of the molecule is C=COCC[n+]1cccc(C(N)=O)c1.[Cl-]. The molecule has 0 aliphatic heterocycles. The third kappa shape index (κ3) is 4.46. The normalized spacial score (nSPS) is 8.80. The van der Waals surface area contributed by atoms with Crippen molar-refractivity contribution in [3.05, 3.63) is 42.9 Å². The van der Waals surface area contributed by atoms with Crippen LogP contribution in [0.25, 0.3) is 0 Å². The molecule has 0 aliphatic carbocycles. The van der Waals surface area contributed by atoms with Gasteiger partial charge in [-0.05, 0) is 6.07 Å². The summed E-state index contributed by atoms with van der Waals surface area (Å²) in [5, 5.41) is 0. The van der Waals surface area contributed by atoms with Crippen molar-refractivity contribution in [1.82, 2.24) is 0 Å². The van der Waals surface area contributed by atoms with Crippen molar-refractivity contribution in [2.24, 2.45) is 5.73 Å². The summed E-state index contributed by atoms with van der Waals surface area (Å²) in [6.45, 7) is 4.62. The average Bonchev–Trinajstić information content (AvgIpc) is 2.19. The predicted octanol–water partition coefficient (Wildman–Crippen LogP) is -2.76. The standard InChI is InChI=1S/C10H12N2O2.ClH/c1-2-14-7-6-12-5-3-4-9(8-12)10(11)13;/h2-5,8H,1,6-7H2,(H-,11,13);1H. The second-order valence-corrected chi connectivity index (χ2v) is 2.73. The van der Waals surface area contributed by atoms with E-state index in [4.69, 9.17) is 10.5 Å². The molecule has 0 bridgehead atoms. The van der Waals surface area contributed by atoms with Gasteiger partial charge in [-0.2, -0.15) is 0 Å². The molecule has 1 rings (SSSR count). The Morgan fingerprint density at radius 1 is 1.67 bits per heavy atom. The van der Waals surface area contributed by atoms with Crippen molar-refractivity contribution in [3.8, 4) is 0 Å². The largest absolute Gasteiger partial charge is 1.00 e. The van der Waals surface area contributed by atoms with Crippen LogP contribution < -0.4 is 22.7 Å². The maximum atomic E-state index is 10.8. The highest BCUT2D eigenvalue weighted by Crippen LogP contribution is 1.91. The molecule has 2 N–H and O–H groups in total. The molecule has 0 unspecified atom stereocenters. The van der Waals surface area contributed by atoms with Crippen LogP contribution in [0.4, 0.5) is 0 Å². The summed E-state index contributed by atoms with van der Waals surface area (Å²) < 4.78 is 6.80. The first-order chi connectivity index (χ1) is 6.74. The van der Waals surface area contributed by atoms with E-state index >= 15 is 0 Å². The minimum atomic E-state index is -0.427. The summed E-state index contributed by atoms with van der Waals surface area (Å²) >= 11 is 0. The Morgan fingerprint density at radius 2 is 2.40 bits per heavy atom. The van der Waals surface area contributed by atoms with Gasteiger partial charge in [0.2, 0.25) is 0 Å². The van der Waals surface area contributed by atoms with E-state index in [0.29, 0.717) is 18.7 Å². The number of rotatable bonds is 5. The van der Waals surface area contributed by atoms with E-state index in [9.17, 15) is 4.79 Å². The molecule has 82 valence electrons. The fourth-order valence-corrected chi connectivity index (χ4v) is 1.05. The molecule has 0 atom stereocenters. The second-order valence-electron chi connectivity index (χ2n) is 2.73. The Hall–Kier alpha value is -1.55. The van der Waals surface area contributed by atoms with E-state index in [0.717, 1.165) is 0 Å². The highest BCUT2D eigenvalue weighted by atomic mass is 35.5. The van der Waals surface area contributed by atoms with Gasteiger partial charge in [-0.1, -0.05) is 6.58 Å². The molecule has 1 aromatic heterocycles. The van der Waals surface area contributed by atoms with Gasteiger partial charge in [0.25, 0.3) is 5.91 Å². The average molecular weight is 229 g/mol. The quantitative estimate of drug-likeness (QED) is 0.337. The molecule has 5 heteroatoms. The van der Waals surface area contributed by atoms with Gasteiger partial charge < -0.3 is 22.9 Å². The number of amides is 1. The van der Waals surface area contributed by atoms with Crippen molar-refractivity contribution in [2.45, 2.75) is 6.54 Å². The zero-order valence-corrected chi connectivity index (χ0v) is 8.98. The van der Waals surface area contributed by atoms with E-state index < -0.39 is 5.91 Å². The lowest BCUT2D eigenvalue weighted by atomic mass is 10.3. The topological polar surface area (TPSA) is 56.2 Å². The van der Waals surface area contributed by atoms with E-state index in [1.807, 2.05) is 10.8 Å². The van der Waals surface area contributed by atoms with Gasteiger partial charge >= 0.3 is 0 Å². The molecule has 0 fully saturated rings. The number of primary amides is 1. The molecule has 1 heterocycles. The van der Waals surface area contributed by atoms with Gasteiger partial charge in [0, 0.05) is 6.07 Å². The first-order valence-corrected chi connectivity index (χ1v) is 4.25. The van der Waals surface area contributed by atoms with Gasteiger partial charge in [0.15, 0.2) is 18.9 Å². The number of halogens is 1. The maximum Gasteiger partial charge on any atom is 0.254 e. The fourth-order valence-electron chi connectivity index (χ4n) is 1.05. The van der Waals surface area contributed by atoms with Crippen molar-refractivity contribution >= 4 is 5.91 Å². The summed E-state index contributed by atoms with van der Waals surface area (Å²) in [6, 6.07) is 3.45. The van der Waals surface area contributed by atoms with E-state index in [1.54, 1.807) is 18.3 Å². The van der Waals surface area contributed by atoms with Gasteiger partial charge in [-0.3, -0.25) is 4.79 Å². The summed E-state index contributed by atoms with van der Waals surface area (Å²) in [6.07, 6.45) is 4.92. The second kappa shape index (κ2) is 6.84. The molecule has 15 heavy (non-hydrogen) atoms. The van der Waals surface area contributed by atoms with Gasteiger partial charge in [-0.25, -0.2) is 4.57 Å².